The van der Waals surface area contributed by atoms with Gasteiger partial charge in [0.05, 0.1) is 11.4 Å². The van der Waals surface area contributed by atoms with Crippen LogP contribution in [0.2, 0.25) is 0 Å². The summed E-state index contributed by atoms with van der Waals surface area (Å²) in [6.45, 7) is 6.73. The molecule has 1 aliphatic carbocycles. The zero-order chi connectivity index (χ0) is 20.2. The van der Waals surface area contributed by atoms with Gasteiger partial charge in [0.2, 0.25) is 15.9 Å². The summed E-state index contributed by atoms with van der Waals surface area (Å²) in [6.07, 6.45) is 5.78. The lowest BCUT2D eigenvalue weighted by Crippen LogP contribution is -2.44. The first-order valence-electron chi connectivity index (χ1n) is 9.75. The number of rotatable bonds is 7. The van der Waals surface area contributed by atoms with E-state index in [-0.39, 0.29) is 17.3 Å². The highest BCUT2D eigenvalue weighted by atomic mass is 32.2. The molecular weight excluding hydrogens is 362 g/mol. The zero-order valence-corrected chi connectivity index (χ0v) is 18.0. The molecule has 7 heteroatoms. The molecule has 0 radical (unpaired) electrons. The first-order chi connectivity index (χ1) is 12.7. The van der Waals surface area contributed by atoms with Crippen molar-refractivity contribution in [2.75, 3.05) is 32.5 Å². The Hall–Kier alpha value is -1.60. The summed E-state index contributed by atoms with van der Waals surface area (Å²) >= 11 is 0. The number of carbonyl (C=O) groups excluding carboxylic acids is 1. The summed E-state index contributed by atoms with van der Waals surface area (Å²) in [6, 6.07) is 3.64. The number of carbonyl (C=O) groups is 1. The van der Waals surface area contributed by atoms with Crippen LogP contribution in [0.1, 0.15) is 50.2 Å². The fraction of sp³-hybridized carbons (Fsp3) is 0.650. The second-order valence-electron chi connectivity index (χ2n) is 7.53. The van der Waals surface area contributed by atoms with Gasteiger partial charge in [0.1, 0.15) is 0 Å². The van der Waals surface area contributed by atoms with Crippen LogP contribution in [0.5, 0.6) is 0 Å². The van der Waals surface area contributed by atoms with Gasteiger partial charge in [0.15, 0.2) is 0 Å². The number of amides is 1. The van der Waals surface area contributed by atoms with Crippen molar-refractivity contribution in [2.45, 2.75) is 63.8 Å². The van der Waals surface area contributed by atoms with Gasteiger partial charge in [0.25, 0.3) is 0 Å². The van der Waals surface area contributed by atoms with Gasteiger partial charge in [-0.1, -0.05) is 19.3 Å². The third-order valence-corrected chi connectivity index (χ3v) is 7.32. The minimum atomic E-state index is -3.52. The highest BCUT2D eigenvalue weighted by Crippen LogP contribution is 2.26. The molecule has 0 aliphatic heterocycles. The number of nitrogens with one attached hydrogen (secondary N) is 1. The van der Waals surface area contributed by atoms with E-state index in [0.717, 1.165) is 24.0 Å². The van der Waals surface area contributed by atoms with Crippen molar-refractivity contribution in [3.05, 3.63) is 23.3 Å². The summed E-state index contributed by atoms with van der Waals surface area (Å²) in [7, 11) is -0.481. The molecule has 1 fully saturated rings. The molecule has 0 aromatic heterocycles. The molecule has 2 rings (SSSR count). The Balaban J connectivity index is 2.16. The molecule has 1 saturated carbocycles. The molecule has 0 unspecified atom stereocenters. The number of anilines is 1. The van der Waals surface area contributed by atoms with Crippen LogP contribution >= 0.6 is 0 Å². The number of likely N-dealkylation sites (N-methyl/N-ethyl adjacent to an activating group) is 1. The number of benzene rings is 1. The van der Waals surface area contributed by atoms with E-state index in [2.05, 4.69) is 5.32 Å². The van der Waals surface area contributed by atoms with Gasteiger partial charge in [0, 0.05) is 32.4 Å². The molecule has 0 atom stereocenters. The van der Waals surface area contributed by atoms with E-state index in [9.17, 15) is 13.2 Å². The molecule has 1 aromatic rings. The predicted molar refractivity (Wildman–Crippen MR) is 110 cm³/mol. The van der Waals surface area contributed by atoms with Crippen LogP contribution < -0.4 is 5.32 Å². The van der Waals surface area contributed by atoms with Crippen LogP contribution in [0.4, 0.5) is 5.69 Å². The Morgan fingerprint density at radius 3 is 2.33 bits per heavy atom. The maximum absolute atomic E-state index is 12.8. The van der Waals surface area contributed by atoms with Crippen LogP contribution in [0.3, 0.4) is 0 Å². The van der Waals surface area contributed by atoms with Gasteiger partial charge < -0.3 is 10.2 Å². The Kier molecular flexibility index (Phi) is 7.28. The largest absolute Gasteiger partial charge is 0.376 e. The molecule has 1 aromatic carbocycles. The minimum absolute atomic E-state index is 0.0716. The summed E-state index contributed by atoms with van der Waals surface area (Å²) in [5.74, 6) is 0.0716. The molecular formula is C20H33N3O3S. The predicted octanol–water partition coefficient (Wildman–Crippen LogP) is 3.15. The van der Waals surface area contributed by atoms with Gasteiger partial charge >= 0.3 is 0 Å². The number of hydrogen-bond acceptors (Lipinski definition) is 4. The second kappa shape index (κ2) is 9.06. The lowest BCUT2D eigenvalue weighted by atomic mass is 9.94. The van der Waals surface area contributed by atoms with Crippen molar-refractivity contribution in [2.24, 2.45) is 0 Å². The molecule has 1 aliphatic rings. The minimum Gasteiger partial charge on any atom is -0.376 e. The van der Waals surface area contributed by atoms with Gasteiger partial charge in [-0.05, 0) is 56.9 Å². The molecule has 1 N–H and O–H groups in total. The third kappa shape index (κ3) is 5.02. The van der Waals surface area contributed by atoms with Crippen molar-refractivity contribution in [1.29, 1.82) is 0 Å². The summed E-state index contributed by atoms with van der Waals surface area (Å²) < 4.78 is 26.1. The van der Waals surface area contributed by atoms with E-state index in [1.54, 1.807) is 12.1 Å². The SMILES string of the molecule is CCN(C(=O)CNc1cc(S(=O)(=O)N(C)C)cc(C)c1C)C1CCCCC1. The van der Waals surface area contributed by atoms with E-state index >= 15 is 0 Å². The number of hydrogen-bond donors (Lipinski definition) is 1. The molecule has 6 nitrogen and oxygen atoms in total. The maximum atomic E-state index is 12.8. The van der Waals surface area contributed by atoms with Crippen molar-refractivity contribution in [3.63, 3.8) is 0 Å². The van der Waals surface area contributed by atoms with E-state index < -0.39 is 10.0 Å². The van der Waals surface area contributed by atoms with Crippen molar-refractivity contribution >= 4 is 21.6 Å². The Morgan fingerprint density at radius 2 is 1.78 bits per heavy atom. The Bertz CT molecular complexity index is 769. The normalized spacial score (nSPS) is 15.8. The monoisotopic (exact) mass is 395 g/mol. The Morgan fingerprint density at radius 1 is 1.15 bits per heavy atom. The molecule has 1 amide bonds. The van der Waals surface area contributed by atoms with Gasteiger partial charge in [-0.15, -0.1) is 0 Å². The van der Waals surface area contributed by atoms with E-state index in [0.29, 0.717) is 18.3 Å². The standard InChI is InChI=1S/C20H33N3O3S/c1-6-23(17-10-8-7-9-11-17)20(24)14-21-19-13-18(12-15(2)16(19)3)27(25,26)22(4)5/h12-13,17,21H,6-11,14H2,1-5H3. The number of aryl methyl sites for hydroxylation is 1. The molecule has 0 spiro atoms. The van der Waals surface area contributed by atoms with Crippen LogP contribution in [0.15, 0.2) is 17.0 Å². The quantitative estimate of drug-likeness (QED) is 0.770. The smallest absolute Gasteiger partial charge is 0.242 e. The van der Waals surface area contributed by atoms with Gasteiger partial charge in [-0.3, -0.25) is 4.79 Å². The van der Waals surface area contributed by atoms with Crippen LogP contribution in [-0.4, -0.2) is 56.8 Å². The topological polar surface area (TPSA) is 69.7 Å². The average Bonchev–Trinajstić information content (AvgIpc) is 2.64. The maximum Gasteiger partial charge on any atom is 0.242 e. The lowest BCUT2D eigenvalue weighted by molar-refractivity contribution is -0.132. The summed E-state index contributed by atoms with van der Waals surface area (Å²) in [5.41, 5.74) is 2.54. The van der Waals surface area contributed by atoms with Crippen LogP contribution in [0, 0.1) is 13.8 Å². The molecule has 152 valence electrons. The molecule has 0 heterocycles. The van der Waals surface area contributed by atoms with Crippen molar-refractivity contribution < 1.29 is 13.2 Å². The molecule has 0 saturated heterocycles. The third-order valence-electron chi connectivity index (χ3n) is 5.53. The highest BCUT2D eigenvalue weighted by Gasteiger charge is 2.24. The molecule has 27 heavy (non-hydrogen) atoms. The lowest BCUT2D eigenvalue weighted by Gasteiger charge is -2.33. The number of sulfonamides is 1. The summed E-state index contributed by atoms with van der Waals surface area (Å²) in [4.78, 5) is 15.0. The van der Waals surface area contributed by atoms with Crippen LogP contribution in [0.25, 0.3) is 0 Å². The fourth-order valence-corrected chi connectivity index (χ4v) is 4.69. The first-order valence-corrected chi connectivity index (χ1v) is 11.2. The second-order valence-corrected chi connectivity index (χ2v) is 9.68. The number of nitrogens with zero attached hydrogens (tertiary/aromatic N) is 2. The average molecular weight is 396 g/mol. The van der Waals surface area contributed by atoms with Crippen molar-refractivity contribution in [1.82, 2.24) is 9.21 Å². The van der Waals surface area contributed by atoms with Crippen molar-refractivity contribution in [3.8, 4) is 0 Å². The Labute approximate surface area is 164 Å². The first kappa shape index (κ1) is 21.7. The van der Waals surface area contributed by atoms with Crippen LogP contribution in [-0.2, 0) is 14.8 Å². The summed E-state index contributed by atoms with van der Waals surface area (Å²) in [5, 5.41) is 3.18. The fourth-order valence-electron chi connectivity index (χ4n) is 3.67. The highest BCUT2D eigenvalue weighted by molar-refractivity contribution is 7.89. The van der Waals surface area contributed by atoms with Gasteiger partial charge in [-0.25, -0.2) is 12.7 Å². The zero-order valence-electron chi connectivity index (χ0n) is 17.2. The van der Waals surface area contributed by atoms with E-state index in [4.69, 9.17) is 0 Å². The van der Waals surface area contributed by atoms with E-state index in [1.807, 2.05) is 25.7 Å². The van der Waals surface area contributed by atoms with E-state index in [1.165, 1.54) is 37.7 Å². The van der Waals surface area contributed by atoms with Gasteiger partial charge in [-0.2, -0.15) is 0 Å². The molecule has 0 bridgehead atoms.